The molecular formula is C16H21FN2O2. The molecule has 0 fully saturated rings. The number of halogens is 1. The van der Waals surface area contributed by atoms with Gasteiger partial charge in [-0.1, -0.05) is 17.9 Å². The van der Waals surface area contributed by atoms with E-state index in [1.54, 1.807) is 12.1 Å². The van der Waals surface area contributed by atoms with Crippen molar-refractivity contribution in [3.63, 3.8) is 0 Å². The Morgan fingerprint density at radius 2 is 2.24 bits per heavy atom. The molecule has 0 bridgehead atoms. The normalized spacial score (nSPS) is 10.1. The summed E-state index contributed by atoms with van der Waals surface area (Å²) in [7, 11) is 1.83. The summed E-state index contributed by atoms with van der Waals surface area (Å²) in [6.07, 6.45) is 0.320. The van der Waals surface area contributed by atoms with Gasteiger partial charge < -0.3 is 10.4 Å². The van der Waals surface area contributed by atoms with E-state index in [2.05, 4.69) is 17.2 Å². The van der Waals surface area contributed by atoms with Crippen LogP contribution in [-0.2, 0) is 11.3 Å². The van der Waals surface area contributed by atoms with Crippen molar-refractivity contribution in [2.75, 3.05) is 26.7 Å². The number of likely N-dealkylation sites (N-methyl/N-ethyl adjacent to an activating group) is 2. The lowest BCUT2D eigenvalue weighted by molar-refractivity contribution is -0.121. The Bertz CT molecular complexity index is 535. The van der Waals surface area contributed by atoms with Gasteiger partial charge in [0.1, 0.15) is 5.82 Å². The fourth-order valence-corrected chi connectivity index (χ4v) is 1.85. The monoisotopic (exact) mass is 292 g/mol. The number of aliphatic hydroxyl groups excluding tert-OH is 1. The first-order valence-corrected chi connectivity index (χ1v) is 6.90. The van der Waals surface area contributed by atoms with Gasteiger partial charge >= 0.3 is 0 Å². The lowest BCUT2D eigenvalue weighted by Gasteiger charge is -2.16. The van der Waals surface area contributed by atoms with Crippen LogP contribution in [0, 0.1) is 17.7 Å². The van der Waals surface area contributed by atoms with Crippen molar-refractivity contribution in [2.45, 2.75) is 19.9 Å². The van der Waals surface area contributed by atoms with Gasteiger partial charge in [-0.25, -0.2) is 4.39 Å². The largest absolute Gasteiger partial charge is 0.395 e. The predicted octanol–water partition coefficient (Wildman–Crippen LogP) is 1.13. The number of benzene rings is 1. The van der Waals surface area contributed by atoms with Crippen molar-refractivity contribution in [3.05, 3.63) is 35.1 Å². The van der Waals surface area contributed by atoms with Crippen molar-refractivity contribution in [1.82, 2.24) is 10.2 Å². The fraction of sp³-hybridized carbons (Fsp3) is 0.438. The van der Waals surface area contributed by atoms with E-state index in [-0.39, 0.29) is 24.9 Å². The van der Waals surface area contributed by atoms with Gasteiger partial charge in [-0.05, 0) is 31.7 Å². The molecule has 0 aliphatic carbocycles. The number of rotatable bonds is 6. The SMILES string of the molecule is CCNC(=O)CN(C)Cc1ccc(F)c(C#CCCO)c1. The molecule has 1 aromatic rings. The Labute approximate surface area is 125 Å². The third kappa shape index (κ3) is 6.39. The van der Waals surface area contributed by atoms with Crippen molar-refractivity contribution >= 4 is 5.91 Å². The number of carbonyl (C=O) groups is 1. The number of amides is 1. The molecule has 0 aliphatic rings. The maximum atomic E-state index is 13.6. The van der Waals surface area contributed by atoms with Crippen LogP contribution in [0.4, 0.5) is 4.39 Å². The molecule has 1 rings (SSSR count). The molecule has 21 heavy (non-hydrogen) atoms. The molecule has 0 unspecified atom stereocenters. The average Bonchev–Trinajstić information content (AvgIpc) is 2.42. The first kappa shape index (κ1) is 17.2. The zero-order chi connectivity index (χ0) is 15.7. The molecule has 0 aliphatic heterocycles. The van der Waals surface area contributed by atoms with E-state index < -0.39 is 0 Å². The number of hydrogen-bond acceptors (Lipinski definition) is 3. The molecular weight excluding hydrogens is 271 g/mol. The van der Waals surface area contributed by atoms with Gasteiger partial charge in [-0.2, -0.15) is 0 Å². The van der Waals surface area contributed by atoms with E-state index in [4.69, 9.17) is 5.11 Å². The summed E-state index contributed by atoms with van der Waals surface area (Å²) in [4.78, 5) is 13.3. The summed E-state index contributed by atoms with van der Waals surface area (Å²) >= 11 is 0. The Kier molecular flexibility index (Phi) is 7.44. The Balaban J connectivity index is 2.70. The number of hydrogen-bond donors (Lipinski definition) is 2. The van der Waals surface area contributed by atoms with Gasteiger partial charge in [0.2, 0.25) is 5.91 Å². The highest BCUT2D eigenvalue weighted by Crippen LogP contribution is 2.11. The van der Waals surface area contributed by atoms with Crippen LogP contribution in [-0.4, -0.2) is 42.7 Å². The highest BCUT2D eigenvalue weighted by molar-refractivity contribution is 5.77. The molecule has 1 aromatic carbocycles. The van der Waals surface area contributed by atoms with Gasteiger partial charge in [0.15, 0.2) is 0 Å². The fourth-order valence-electron chi connectivity index (χ4n) is 1.85. The third-order valence-corrected chi connectivity index (χ3v) is 2.73. The second kappa shape index (κ2) is 9.11. The highest BCUT2D eigenvalue weighted by atomic mass is 19.1. The second-order valence-corrected chi connectivity index (χ2v) is 4.72. The number of aliphatic hydroxyl groups is 1. The molecule has 5 heteroatoms. The summed E-state index contributed by atoms with van der Waals surface area (Å²) in [5, 5.41) is 11.4. The van der Waals surface area contributed by atoms with Crippen LogP contribution in [0.2, 0.25) is 0 Å². The smallest absolute Gasteiger partial charge is 0.234 e. The molecule has 4 nitrogen and oxygen atoms in total. The molecule has 2 N–H and O–H groups in total. The molecule has 0 saturated heterocycles. The van der Waals surface area contributed by atoms with Crippen molar-refractivity contribution in [2.24, 2.45) is 0 Å². The van der Waals surface area contributed by atoms with Crippen molar-refractivity contribution in [1.29, 1.82) is 0 Å². The molecule has 0 saturated carbocycles. The molecule has 0 aromatic heterocycles. The van der Waals surface area contributed by atoms with Crippen LogP contribution in [0.3, 0.4) is 0 Å². The van der Waals surface area contributed by atoms with Crippen LogP contribution in [0.15, 0.2) is 18.2 Å². The van der Waals surface area contributed by atoms with Gasteiger partial charge in [0.25, 0.3) is 0 Å². The Hall–Kier alpha value is -1.90. The zero-order valence-electron chi connectivity index (χ0n) is 12.4. The van der Waals surface area contributed by atoms with Crippen LogP contribution in [0.25, 0.3) is 0 Å². The summed E-state index contributed by atoms with van der Waals surface area (Å²) in [5.74, 6) is 4.99. The van der Waals surface area contributed by atoms with Crippen LogP contribution in [0.1, 0.15) is 24.5 Å². The zero-order valence-corrected chi connectivity index (χ0v) is 12.4. The second-order valence-electron chi connectivity index (χ2n) is 4.72. The van der Waals surface area contributed by atoms with Crippen molar-refractivity contribution < 1.29 is 14.3 Å². The molecule has 0 spiro atoms. The summed E-state index contributed by atoms with van der Waals surface area (Å²) in [6, 6.07) is 4.73. The highest BCUT2D eigenvalue weighted by Gasteiger charge is 2.07. The predicted molar refractivity (Wildman–Crippen MR) is 80.0 cm³/mol. The minimum Gasteiger partial charge on any atom is -0.395 e. The Morgan fingerprint density at radius 3 is 2.90 bits per heavy atom. The number of nitrogens with one attached hydrogen (secondary N) is 1. The maximum absolute atomic E-state index is 13.6. The van der Waals surface area contributed by atoms with E-state index in [1.807, 2.05) is 18.9 Å². The Morgan fingerprint density at radius 1 is 1.48 bits per heavy atom. The summed E-state index contributed by atoms with van der Waals surface area (Å²) in [6.45, 7) is 3.26. The minimum atomic E-state index is -0.379. The first-order chi connectivity index (χ1) is 10.1. The van der Waals surface area contributed by atoms with Gasteiger partial charge in [0, 0.05) is 19.5 Å². The quantitative estimate of drug-likeness (QED) is 0.773. The standard InChI is InChI=1S/C16H21FN2O2/c1-3-18-16(21)12-19(2)11-13-7-8-15(17)14(10-13)6-4-5-9-20/h7-8,10,20H,3,5,9,11-12H2,1-2H3,(H,18,21). The number of nitrogens with zero attached hydrogens (tertiary/aromatic N) is 1. The average molecular weight is 292 g/mol. The van der Waals surface area contributed by atoms with Gasteiger partial charge in [0.05, 0.1) is 18.7 Å². The minimum absolute atomic E-state index is 0.0370. The van der Waals surface area contributed by atoms with E-state index in [0.717, 1.165) is 5.56 Å². The molecule has 114 valence electrons. The van der Waals surface area contributed by atoms with Gasteiger partial charge in [-0.15, -0.1) is 0 Å². The van der Waals surface area contributed by atoms with Crippen LogP contribution >= 0.6 is 0 Å². The van der Waals surface area contributed by atoms with Gasteiger partial charge in [-0.3, -0.25) is 9.69 Å². The van der Waals surface area contributed by atoms with E-state index in [0.29, 0.717) is 25.1 Å². The first-order valence-electron chi connectivity index (χ1n) is 6.90. The van der Waals surface area contributed by atoms with Crippen LogP contribution < -0.4 is 5.32 Å². The molecule has 1 amide bonds. The van der Waals surface area contributed by atoms with E-state index >= 15 is 0 Å². The lowest BCUT2D eigenvalue weighted by Crippen LogP contribution is -2.34. The molecule has 0 heterocycles. The van der Waals surface area contributed by atoms with Crippen molar-refractivity contribution in [3.8, 4) is 11.8 Å². The maximum Gasteiger partial charge on any atom is 0.234 e. The lowest BCUT2D eigenvalue weighted by atomic mass is 10.1. The summed E-state index contributed by atoms with van der Waals surface area (Å²) in [5.41, 5.74) is 1.20. The molecule has 0 atom stereocenters. The van der Waals surface area contributed by atoms with Crippen LogP contribution in [0.5, 0.6) is 0 Å². The number of carbonyl (C=O) groups excluding carboxylic acids is 1. The topological polar surface area (TPSA) is 52.6 Å². The van der Waals surface area contributed by atoms with E-state index in [9.17, 15) is 9.18 Å². The summed E-state index contributed by atoms with van der Waals surface area (Å²) < 4.78 is 13.6. The molecule has 0 radical (unpaired) electrons. The third-order valence-electron chi connectivity index (χ3n) is 2.73. The van der Waals surface area contributed by atoms with E-state index in [1.165, 1.54) is 6.07 Å².